The first-order valence-corrected chi connectivity index (χ1v) is 10.9. The maximum absolute atomic E-state index is 13.4. The standard InChI is InChI=1S/C29H25NO3/c31-28(19-22-11-3-1-4-12-22)30(20-23-13-5-2-6-14-23)21-24-15-7-8-16-25(24)26-17-9-10-18-27(26)29(32)33/h1-18H,19-21H2,(H,32,33). The van der Waals surface area contributed by atoms with Crippen LogP contribution in [0.5, 0.6) is 0 Å². The third-order valence-electron chi connectivity index (χ3n) is 5.59. The summed E-state index contributed by atoms with van der Waals surface area (Å²) in [6.45, 7) is 0.853. The summed E-state index contributed by atoms with van der Waals surface area (Å²) >= 11 is 0. The molecule has 4 nitrogen and oxygen atoms in total. The smallest absolute Gasteiger partial charge is 0.336 e. The van der Waals surface area contributed by atoms with Crippen LogP contribution in [0.3, 0.4) is 0 Å². The fraction of sp³-hybridized carbons (Fsp3) is 0.103. The number of amides is 1. The highest BCUT2D eigenvalue weighted by Crippen LogP contribution is 2.29. The molecule has 0 radical (unpaired) electrons. The van der Waals surface area contributed by atoms with Gasteiger partial charge in [-0.1, -0.05) is 103 Å². The lowest BCUT2D eigenvalue weighted by atomic mass is 9.95. The Hall–Kier alpha value is -4.18. The molecule has 1 amide bonds. The van der Waals surface area contributed by atoms with E-state index in [1.807, 2.05) is 102 Å². The van der Waals surface area contributed by atoms with E-state index in [-0.39, 0.29) is 11.5 Å². The number of carbonyl (C=O) groups excluding carboxylic acids is 1. The zero-order valence-corrected chi connectivity index (χ0v) is 18.2. The fourth-order valence-corrected chi connectivity index (χ4v) is 3.95. The first kappa shape index (κ1) is 22.0. The zero-order chi connectivity index (χ0) is 23.0. The van der Waals surface area contributed by atoms with Crippen LogP contribution in [0.1, 0.15) is 27.0 Å². The Labute approximate surface area is 193 Å². The van der Waals surface area contributed by atoms with Crippen LogP contribution in [0.2, 0.25) is 0 Å². The molecule has 0 saturated heterocycles. The van der Waals surface area contributed by atoms with Gasteiger partial charge in [0.05, 0.1) is 12.0 Å². The number of aromatic carboxylic acids is 1. The average molecular weight is 436 g/mol. The lowest BCUT2D eigenvalue weighted by Crippen LogP contribution is -2.31. The van der Waals surface area contributed by atoms with Gasteiger partial charge in [-0.05, 0) is 33.9 Å². The summed E-state index contributed by atoms with van der Waals surface area (Å²) in [4.78, 5) is 27.0. The van der Waals surface area contributed by atoms with E-state index in [0.717, 1.165) is 22.3 Å². The van der Waals surface area contributed by atoms with Crippen LogP contribution in [-0.2, 0) is 24.3 Å². The number of carboxylic acids is 1. The van der Waals surface area contributed by atoms with Crippen LogP contribution in [0.15, 0.2) is 109 Å². The van der Waals surface area contributed by atoms with Gasteiger partial charge in [-0.3, -0.25) is 4.79 Å². The summed E-state index contributed by atoms with van der Waals surface area (Å²) in [6.07, 6.45) is 0.307. The van der Waals surface area contributed by atoms with Crippen molar-refractivity contribution in [2.24, 2.45) is 0 Å². The van der Waals surface area contributed by atoms with Crippen molar-refractivity contribution in [3.05, 3.63) is 131 Å². The van der Waals surface area contributed by atoms with Crippen molar-refractivity contribution in [3.8, 4) is 11.1 Å². The highest BCUT2D eigenvalue weighted by molar-refractivity contribution is 5.96. The molecule has 0 fully saturated rings. The number of carboxylic acid groups (broad SMARTS) is 1. The molecule has 0 bridgehead atoms. The predicted molar refractivity (Wildman–Crippen MR) is 130 cm³/mol. The molecule has 4 rings (SSSR count). The largest absolute Gasteiger partial charge is 0.478 e. The second-order valence-corrected chi connectivity index (χ2v) is 7.91. The Balaban J connectivity index is 1.68. The molecule has 0 aliphatic rings. The molecule has 4 aromatic carbocycles. The van der Waals surface area contributed by atoms with Gasteiger partial charge in [0.2, 0.25) is 5.91 Å². The Morgan fingerprint density at radius 1 is 0.606 bits per heavy atom. The molecule has 0 aliphatic heterocycles. The Morgan fingerprint density at radius 3 is 1.82 bits per heavy atom. The van der Waals surface area contributed by atoms with Gasteiger partial charge in [0.1, 0.15) is 0 Å². The molecule has 0 unspecified atom stereocenters. The molecular weight excluding hydrogens is 410 g/mol. The summed E-state index contributed by atoms with van der Waals surface area (Å²) in [5.41, 5.74) is 4.63. The van der Waals surface area contributed by atoms with Crippen LogP contribution in [-0.4, -0.2) is 21.9 Å². The molecule has 0 aliphatic carbocycles. The number of hydrogen-bond donors (Lipinski definition) is 1. The fourth-order valence-electron chi connectivity index (χ4n) is 3.95. The predicted octanol–water partition coefficient (Wildman–Crippen LogP) is 5.82. The van der Waals surface area contributed by atoms with Crippen molar-refractivity contribution >= 4 is 11.9 Å². The third kappa shape index (κ3) is 5.55. The van der Waals surface area contributed by atoms with Gasteiger partial charge in [0.25, 0.3) is 0 Å². The molecule has 0 atom stereocenters. The summed E-state index contributed by atoms with van der Waals surface area (Å²) in [6, 6.07) is 34.3. The lowest BCUT2D eigenvalue weighted by molar-refractivity contribution is -0.131. The van der Waals surface area contributed by atoms with Crippen LogP contribution in [0, 0.1) is 0 Å². The van der Waals surface area contributed by atoms with Crippen molar-refractivity contribution in [2.75, 3.05) is 0 Å². The maximum Gasteiger partial charge on any atom is 0.336 e. The monoisotopic (exact) mass is 435 g/mol. The van der Waals surface area contributed by atoms with Crippen molar-refractivity contribution in [3.63, 3.8) is 0 Å². The zero-order valence-electron chi connectivity index (χ0n) is 18.2. The van der Waals surface area contributed by atoms with E-state index in [1.165, 1.54) is 0 Å². The van der Waals surface area contributed by atoms with Crippen LogP contribution in [0.25, 0.3) is 11.1 Å². The summed E-state index contributed by atoms with van der Waals surface area (Å²) in [7, 11) is 0. The highest BCUT2D eigenvalue weighted by Gasteiger charge is 2.19. The molecule has 4 aromatic rings. The van der Waals surface area contributed by atoms with Crippen LogP contribution >= 0.6 is 0 Å². The molecule has 0 heterocycles. The lowest BCUT2D eigenvalue weighted by Gasteiger charge is -2.25. The van der Waals surface area contributed by atoms with Crippen molar-refractivity contribution in [1.82, 2.24) is 4.90 Å². The molecular formula is C29H25NO3. The Bertz CT molecular complexity index is 1240. The van der Waals surface area contributed by atoms with Gasteiger partial charge >= 0.3 is 5.97 Å². The number of rotatable bonds is 8. The molecule has 164 valence electrons. The van der Waals surface area contributed by atoms with Crippen LogP contribution in [0.4, 0.5) is 0 Å². The minimum absolute atomic E-state index is 0.0198. The van der Waals surface area contributed by atoms with E-state index >= 15 is 0 Å². The average Bonchev–Trinajstić information content (AvgIpc) is 2.85. The Morgan fingerprint density at radius 2 is 1.15 bits per heavy atom. The normalized spacial score (nSPS) is 10.5. The minimum atomic E-state index is -0.971. The van der Waals surface area contributed by atoms with Gasteiger partial charge in [-0.15, -0.1) is 0 Å². The van der Waals surface area contributed by atoms with E-state index in [9.17, 15) is 14.7 Å². The topological polar surface area (TPSA) is 57.6 Å². The van der Waals surface area contributed by atoms with E-state index in [2.05, 4.69) is 0 Å². The summed E-state index contributed by atoms with van der Waals surface area (Å²) in [5.74, 6) is -0.951. The molecule has 0 aromatic heterocycles. The summed E-state index contributed by atoms with van der Waals surface area (Å²) < 4.78 is 0. The first-order valence-electron chi connectivity index (χ1n) is 10.9. The first-order chi connectivity index (χ1) is 16.1. The number of nitrogens with zero attached hydrogens (tertiary/aromatic N) is 1. The quantitative estimate of drug-likeness (QED) is 0.379. The van der Waals surface area contributed by atoms with Crippen molar-refractivity contribution < 1.29 is 14.7 Å². The minimum Gasteiger partial charge on any atom is -0.478 e. The Kier molecular flexibility index (Phi) is 6.96. The molecule has 0 spiro atoms. The second-order valence-electron chi connectivity index (χ2n) is 7.91. The SMILES string of the molecule is O=C(O)c1ccccc1-c1ccccc1CN(Cc1ccccc1)C(=O)Cc1ccccc1. The van der Waals surface area contributed by atoms with Gasteiger partial charge in [-0.2, -0.15) is 0 Å². The number of carbonyl (C=O) groups is 2. The van der Waals surface area contributed by atoms with E-state index in [4.69, 9.17) is 0 Å². The van der Waals surface area contributed by atoms with E-state index in [1.54, 1.807) is 12.1 Å². The van der Waals surface area contributed by atoms with Crippen molar-refractivity contribution in [1.29, 1.82) is 0 Å². The third-order valence-corrected chi connectivity index (χ3v) is 5.59. The molecule has 4 heteroatoms. The van der Waals surface area contributed by atoms with Gasteiger partial charge in [0, 0.05) is 13.1 Å². The number of hydrogen-bond acceptors (Lipinski definition) is 2. The van der Waals surface area contributed by atoms with Gasteiger partial charge in [-0.25, -0.2) is 4.79 Å². The molecule has 0 saturated carbocycles. The highest BCUT2D eigenvalue weighted by atomic mass is 16.4. The van der Waals surface area contributed by atoms with Gasteiger partial charge in [0.15, 0.2) is 0 Å². The number of benzene rings is 4. The van der Waals surface area contributed by atoms with Crippen LogP contribution < -0.4 is 0 Å². The van der Waals surface area contributed by atoms with Gasteiger partial charge < -0.3 is 10.0 Å². The van der Waals surface area contributed by atoms with E-state index in [0.29, 0.717) is 25.1 Å². The van der Waals surface area contributed by atoms with Crippen molar-refractivity contribution in [2.45, 2.75) is 19.5 Å². The van der Waals surface area contributed by atoms with E-state index < -0.39 is 5.97 Å². The summed E-state index contributed by atoms with van der Waals surface area (Å²) in [5, 5.41) is 9.68. The molecule has 1 N–H and O–H groups in total. The maximum atomic E-state index is 13.4. The second kappa shape index (κ2) is 10.4. The molecule has 33 heavy (non-hydrogen) atoms.